The van der Waals surface area contributed by atoms with E-state index < -0.39 is 0 Å². The lowest BCUT2D eigenvalue weighted by atomic mass is 10.3. The Labute approximate surface area is 108 Å². The number of nitrogens with two attached hydrogens (primary N) is 1. The van der Waals surface area contributed by atoms with Crippen molar-refractivity contribution in [1.29, 1.82) is 0 Å². The Bertz CT molecular complexity index is 540. The molecule has 0 bridgehead atoms. The monoisotopic (exact) mass is 269 g/mol. The van der Waals surface area contributed by atoms with Gasteiger partial charge in [-0.1, -0.05) is 23.2 Å². The second kappa shape index (κ2) is 4.77. The van der Waals surface area contributed by atoms with Crippen molar-refractivity contribution in [3.05, 3.63) is 40.1 Å². The Kier molecular flexibility index (Phi) is 3.36. The highest BCUT2D eigenvalue weighted by Crippen LogP contribution is 2.29. The Morgan fingerprint density at radius 1 is 1.12 bits per heavy atom. The first-order valence-electron chi connectivity index (χ1n) is 4.77. The van der Waals surface area contributed by atoms with Crippen LogP contribution in [-0.2, 0) is 0 Å². The molecule has 2 N–H and O–H groups in total. The zero-order chi connectivity index (χ0) is 12.4. The first kappa shape index (κ1) is 12.0. The lowest BCUT2D eigenvalue weighted by Crippen LogP contribution is -1.98. The number of aromatic nitrogens is 2. The third-order valence-electron chi connectivity index (χ3n) is 2.13. The van der Waals surface area contributed by atoms with Gasteiger partial charge < -0.3 is 10.5 Å². The van der Waals surface area contributed by atoms with Crippen molar-refractivity contribution in [2.45, 2.75) is 6.92 Å². The molecule has 4 nitrogen and oxygen atoms in total. The van der Waals surface area contributed by atoms with E-state index in [0.29, 0.717) is 33.1 Å². The molecule has 1 heterocycles. The van der Waals surface area contributed by atoms with E-state index in [4.69, 9.17) is 33.7 Å². The standard InChI is InChI=1S/C11H9Cl2N3O/c1-6-10(14)15-5-16-11(6)17-9-3-7(12)2-8(13)4-9/h2-5H,1H3,(H2,14,15,16). The molecule has 0 unspecified atom stereocenters. The van der Waals surface area contributed by atoms with Crippen molar-refractivity contribution in [2.24, 2.45) is 0 Å². The van der Waals surface area contributed by atoms with Crippen LogP contribution in [0.3, 0.4) is 0 Å². The van der Waals surface area contributed by atoms with Gasteiger partial charge in [-0.25, -0.2) is 9.97 Å². The Hall–Kier alpha value is -1.52. The maximum Gasteiger partial charge on any atom is 0.227 e. The molecule has 0 aliphatic rings. The molecule has 0 aliphatic heterocycles. The largest absolute Gasteiger partial charge is 0.438 e. The Morgan fingerprint density at radius 3 is 2.41 bits per heavy atom. The molecule has 0 spiro atoms. The second-order valence-electron chi connectivity index (χ2n) is 3.40. The molecule has 0 atom stereocenters. The third kappa shape index (κ3) is 2.78. The van der Waals surface area contributed by atoms with E-state index in [1.54, 1.807) is 25.1 Å². The zero-order valence-electron chi connectivity index (χ0n) is 8.95. The number of benzene rings is 1. The lowest BCUT2D eigenvalue weighted by molar-refractivity contribution is 0.458. The van der Waals surface area contributed by atoms with E-state index in [0.717, 1.165) is 0 Å². The molecule has 2 rings (SSSR count). The molecule has 1 aromatic heterocycles. The Balaban J connectivity index is 2.34. The summed E-state index contributed by atoms with van der Waals surface area (Å²) in [6, 6.07) is 4.91. The van der Waals surface area contributed by atoms with E-state index in [1.807, 2.05) is 0 Å². The van der Waals surface area contributed by atoms with Crippen LogP contribution in [-0.4, -0.2) is 9.97 Å². The molecule has 0 fully saturated rings. The highest BCUT2D eigenvalue weighted by molar-refractivity contribution is 6.34. The van der Waals surface area contributed by atoms with Crippen LogP contribution in [0.15, 0.2) is 24.5 Å². The second-order valence-corrected chi connectivity index (χ2v) is 4.27. The molecule has 0 radical (unpaired) electrons. The van der Waals surface area contributed by atoms with Gasteiger partial charge in [-0.05, 0) is 25.1 Å². The van der Waals surface area contributed by atoms with Crippen molar-refractivity contribution in [2.75, 3.05) is 5.73 Å². The van der Waals surface area contributed by atoms with Gasteiger partial charge in [0.1, 0.15) is 17.9 Å². The van der Waals surface area contributed by atoms with E-state index in [9.17, 15) is 0 Å². The summed E-state index contributed by atoms with van der Waals surface area (Å²) in [6.07, 6.45) is 1.34. The van der Waals surface area contributed by atoms with Crippen molar-refractivity contribution in [3.8, 4) is 11.6 Å². The predicted octanol–water partition coefficient (Wildman–Crippen LogP) is 3.47. The molecule has 2 aromatic rings. The van der Waals surface area contributed by atoms with Crippen LogP contribution in [0.5, 0.6) is 11.6 Å². The number of halogens is 2. The fourth-order valence-electron chi connectivity index (χ4n) is 1.25. The normalized spacial score (nSPS) is 10.3. The molecule has 88 valence electrons. The summed E-state index contributed by atoms with van der Waals surface area (Å²) in [5.74, 6) is 1.27. The molecule has 0 amide bonds. The smallest absolute Gasteiger partial charge is 0.227 e. The third-order valence-corrected chi connectivity index (χ3v) is 2.56. The van der Waals surface area contributed by atoms with Crippen molar-refractivity contribution in [3.63, 3.8) is 0 Å². The van der Waals surface area contributed by atoms with Crippen molar-refractivity contribution >= 4 is 29.0 Å². The number of nitrogens with zero attached hydrogens (tertiary/aromatic N) is 2. The van der Waals surface area contributed by atoms with Gasteiger partial charge in [-0.2, -0.15) is 0 Å². The number of hydrogen-bond acceptors (Lipinski definition) is 4. The summed E-state index contributed by atoms with van der Waals surface area (Å²) in [6.45, 7) is 1.77. The van der Waals surface area contributed by atoms with Crippen molar-refractivity contribution in [1.82, 2.24) is 9.97 Å². The van der Waals surface area contributed by atoms with Gasteiger partial charge in [0.05, 0.1) is 5.56 Å². The van der Waals surface area contributed by atoms with Crippen LogP contribution >= 0.6 is 23.2 Å². The average molecular weight is 270 g/mol. The maximum absolute atomic E-state index is 5.87. The van der Waals surface area contributed by atoms with Crippen LogP contribution in [0, 0.1) is 6.92 Å². The fraction of sp³-hybridized carbons (Fsp3) is 0.0909. The summed E-state index contributed by atoms with van der Waals surface area (Å²) in [5, 5.41) is 0.986. The summed E-state index contributed by atoms with van der Waals surface area (Å²) in [7, 11) is 0. The van der Waals surface area contributed by atoms with Crippen LogP contribution in [0.25, 0.3) is 0 Å². The molecule has 0 saturated carbocycles. The molecular formula is C11H9Cl2N3O. The lowest BCUT2D eigenvalue weighted by Gasteiger charge is -2.08. The average Bonchev–Trinajstić information content (AvgIpc) is 2.23. The fourth-order valence-corrected chi connectivity index (χ4v) is 1.75. The van der Waals surface area contributed by atoms with Crippen molar-refractivity contribution < 1.29 is 4.74 Å². The number of hydrogen-bond donors (Lipinski definition) is 1. The van der Waals surface area contributed by atoms with E-state index >= 15 is 0 Å². The van der Waals surface area contributed by atoms with Gasteiger partial charge in [0.15, 0.2) is 0 Å². The molecule has 1 aromatic carbocycles. The maximum atomic E-state index is 5.87. The van der Waals surface area contributed by atoms with Gasteiger partial charge >= 0.3 is 0 Å². The van der Waals surface area contributed by atoms with Crippen LogP contribution < -0.4 is 10.5 Å². The summed E-state index contributed by atoms with van der Waals surface area (Å²) in [5.41, 5.74) is 6.32. The summed E-state index contributed by atoms with van der Waals surface area (Å²) < 4.78 is 5.55. The van der Waals surface area contributed by atoms with Gasteiger partial charge in [-0.15, -0.1) is 0 Å². The molecular weight excluding hydrogens is 261 g/mol. The van der Waals surface area contributed by atoms with Gasteiger partial charge in [0, 0.05) is 10.0 Å². The van der Waals surface area contributed by atoms with Gasteiger partial charge in [0.25, 0.3) is 0 Å². The first-order valence-corrected chi connectivity index (χ1v) is 5.53. The minimum atomic E-state index is 0.378. The molecule has 17 heavy (non-hydrogen) atoms. The van der Waals surface area contributed by atoms with Gasteiger partial charge in [0.2, 0.25) is 5.88 Å². The number of anilines is 1. The highest BCUT2D eigenvalue weighted by Gasteiger charge is 2.07. The van der Waals surface area contributed by atoms with Crippen LogP contribution in [0.2, 0.25) is 10.0 Å². The SMILES string of the molecule is Cc1c(N)ncnc1Oc1cc(Cl)cc(Cl)c1. The van der Waals surface area contributed by atoms with Crippen LogP contribution in [0.1, 0.15) is 5.56 Å². The van der Waals surface area contributed by atoms with E-state index in [2.05, 4.69) is 9.97 Å². The molecule has 0 saturated heterocycles. The minimum Gasteiger partial charge on any atom is -0.438 e. The van der Waals surface area contributed by atoms with Gasteiger partial charge in [-0.3, -0.25) is 0 Å². The number of nitrogen functional groups attached to an aromatic ring is 1. The molecule has 6 heteroatoms. The zero-order valence-corrected chi connectivity index (χ0v) is 10.5. The highest BCUT2D eigenvalue weighted by atomic mass is 35.5. The first-order chi connectivity index (χ1) is 8.06. The summed E-state index contributed by atoms with van der Waals surface area (Å²) in [4.78, 5) is 7.84. The van der Waals surface area contributed by atoms with E-state index in [-0.39, 0.29) is 0 Å². The van der Waals surface area contributed by atoms with E-state index in [1.165, 1.54) is 6.33 Å². The van der Waals surface area contributed by atoms with Crippen LogP contribution in [0.4, 0.5) is 5.82 Å². The molecule has 0 aliphatic carbocycles. The Morgan fingerprint density at radius 2 is 1.76 bits per heavy atom. The summed E-state index contributed by atoms with van der Waals surface area (Å²) >= 11 is 11.7. The minimum absolute atomic E-state index is 0.378. The predicted molar refractivity (Wildman–Crippen MR) is 67.7 cm³/mol. The topological polar surface area (TPSA) is 61.0 Å². The number of ether oxygens (including phenoxy) is 1. The number of rotatable bonds is 2. The quantitative estimate of drug-likeness (QED) is 0.907.